The lowest BCUT2D eigenvalue weighted by molar-refractivity contribution is -0.264. The van der Waals surface area contributed by atoms with E-state index in [9.17, 15) is 9.59 Å². The maximum atomic E-state index is 12.7. The minimum Gasteiger partial charge on any atom is -0.247 e. The molecule has 1 atom stereocenters. The highest BCUT2D eigenvalue weighted by molar-refractivity contribution is 5.75. The molecule has 0 aromatic carbocycles. The van der Waals surface area contributed by atoms with Gasteiger partial charge in [0.2, 0.25) is 0 Å². The number of unbranched alkanes of at least 4 members (excludes halogenated alkanes) is 23. The summed E-state index contributed by atoms with van der Waals surface area (Å²) in [5.74, 6) is -1.07. The van der Waals surface area contributed by atoms with Crippen molar-refractivity contribution in [2.75, 3.05) is 0 Å². The first kappa shape index (κ1) is 38.9. The normalized spacial score (nSPS) is 12.4. The van der Waals surface area contributed by atoms with Gasteiger partial charge in [0.15, 0.2) is 0 Å². The van der Waals surface area contributed by atoms with Crippen LogP contribution in [0.1, 0.15) is 208 Å². The highest BCUT2D eigenvalue weighted by atomic mass is 17.2. The molecule has 0 bridgehead atoms. The summed E-state index contributed by atoms with van der Waals surface area (Å²) < 4.78 is 0. The Kier molecular flexibility index (Phi) is 27.3. The van der Waals surface area contributed by atoms with Crippen LogP contribution in [0.5, 0.6) is 0 Å². The summed E-state index contributed by atoms with van der Waals surface area (Å²) >= 11 is 0. The lowest BCUT2D eigenvalue weighted by Gasteiger charge is -2.27. The van der Waals surface area contributed by atoms with E-state index >= 15 is 0 Å². The van der Waals surface area contributed by atoms with Crippen molar-refractivity contribution in [1.29, 1.82) is 0 Å². The van der Waals surface area contributed by atoms with Crippen molar-refractivity contribution < 1.29 is 19.4 Å². The highest BCUT2D eigenvalue weighted by Crippen LogP contribution is 2.32. The van der Waals surface area contributed by atoms with Crippen LogP contribution < -0.4 is 0 Å². The van der Waals surface area contributed by atoms with Gasteiger partial charge in [-0.05, 0) is 18.3 Å². The molecule has 1 unspecified atom stereocenters. The van der Waals surface area contributed by atoms with Gasteiger partial charge >= 0.3 is 11.9 Å². The Labute approximate surface area is 250 Å². The molecule has 0 rings (SSSR count). The van der Waals surface area contributed by atoms with Crippen molar-refractivity contribution in [1.82, 2.24) is 0 Å². The van der Waals surface area contributed by atoms with Crippen LogP contribution in [0, 0.1) is 11.3 Å². The van der Waals surface area contributed by atoms with E-state index < -0.39 is 11.9 Å². The van der Waals surface area contributed by atoms with Gasteiger partial charge < -0.3 is 0 Å². The largest absolute Gasteiger partial charge is 0.359 e. The van der Waals surface area contributed by atoms with Gasteiger partial charge in [-0.3, -0.25) is 0 Å². The van der Waals surface area contributed by atoms with E-state index in [1.807, 2.05) is 0 Å². The summed E-state index contributed by atoms with van der Waals surface area (Å²) in [7, 11) is 0. The van der Waals surface area contributed by atoms with E-state index in [-0.39, 0.29) is 11.3 Å². The smallest absolute Gasteiger partial charge is 0.247 e. The van der Waals surface area contributed by atoms with Gasteiger partial charge in [0.1, 0.15) is 0 Å². The molecule has 40 heavy (non-hydrogen) atoms. The number of hydrogen-bond acceptors (Lipinski definition) is 4. The van der Waals surface area contributed by atoms with E-state index in [0.29, 0.717) is 6.42 Å². The zero-order valence-corrected chi connectivity index (χ0v) is 27.8. The van der Waals surface area contributed by atoms with Gasteiger partial charge in [-0.15, -0.1) is 0 Å². The molecule has 0 radical (unpaired) electrons. The topological polar surface area (TPSA) is 52.6 Å². The molecule has 4 nitrogen and oxygen atoms in total. The Bertz CT molecular complexity index is 566. The third-order valence-corrected chi connectivity index (χ3v) is 8.38. The molecule has 0 aliphatic carbocycles. The molecule has 4 heteroatoms. The van der Waals surface area contributed by atoms with Gasteiger partial charge in [-0.1, -0.05) is 189 Å². The summed E-state index contributed by atoms with van der Waals surface area (Å²) in [4.78, 5) is 34.7. The molecule has 0 amide bonds. The molecule has 0 aliphatic rings. The van der Waals surface area contributed by atoms with Gasteiger partial charge in [0.05, 0.1) is 12.3 Å². The molecular formula is C36H70O4. The monoisotopic (exact) mass is 567 g/mol. The SMILES string of the molecule is CCCCCCCCCCCCCCCC(=O)OOC(=O)C(CCCCCCCCCCCCCC)C(C)(C)C. The van der Waals surface area contributed by atoms with Crippen molar-refractivity contribution in [3.63, 3.8) is 0 Å². The summed E-state index contributed by atoms with van der Waals surface area (Å²) in [5.41, 5.74) is -0.212. The predicted octanol–water partition coefficient (Wildman–Crippen LogP) is 12.2. The maximum absolute atomic E-state index is 12.7. The van der Waals surface area contributed by atoms with Gasteiger partial charge in [-0.2, -0.15) is 0 Å². The van der Waals surface area contributed by atoms with Crippen molar-refractivity contribution in [2.24, 2.45) is 11.3 Å². The fourth-order valence-electron chi connectivity index (χ4n) is 5.57. The van der Waals surface area contributed by atoms with Crippen LogP contribution in [-0.4, -0.2) is 11.9 Å². The van der Waals surface area contributed by atoms with Crippen LogP contribution in [0.15, 0.2) is 0 Å². The second-order valence-electron chi connectivity index (χ2n) is 13.4. The van der Waals surface area contributed by atoms with Crippen LogP contribution in [-0.2, 0) is 19.4 Å². The van der Waals surface area contributed by atoms with Crippen LogP contribution in [0.4, 0.5) is 0 Å². The minimum absolute atomic E-state index is 0.212. The number of rotatable bonds is 28. The van der Waals surface area contributed by atoms with Crippen molar-refractivity contribution in [3.05, 3.63) is 0 Å². The molecule has 0 spiro atoms. The Hall–Kier alpha value is -1.06. The molecule has 0 aliphatic heterocycles. The zero-order valence-electron chi connectivity index (χ0n) is 27.8. The first-order valence-electron chi connectivity index (χ1n) is 17.7. The van der Waals surface area contributed by atoms with Crippen LogP contribution in [0.25, 0.3) is 0 Å². The Morgan fingerprint density at radius 2 is 0.800 bits per heavy atom. The number of carbonyl (C=O) groups excluding carboxylic acids is 2. The van der Waals surface area contributed by atoms with E-state index in [2.05, 4.69) is 34.6 Å². The van der Waals surface area contributed by atoms with Gasteiger partial charge in [0.25, 0.3) is 0 Å². The van der Waals surface area contributed by atoms with Crippen LogP contribution >= 0.6 is 0 Å². The third kappa shape index (κ3) is 25.9. The molecule has 0 aromatic heterocycles. The number of hydrogen-bond donors (Lipinski definition) is 0. The predicted molar refractivity (Wildman–Crippen MR) is 171 cm³/mol. The Morgan fingerprint density at radius 3 is 1.15 bits per heavy atom. The summed E-state index contributed by atoms with van der Waals surface area (Å²) in [6, 6.07) is 0. The van der Waals surface area contributed by atoms with Crippen molar-refractivity contribution >= 4 is 11.9 Å². The minimum atomic E-state index is -0.422. The summed E-state index contributed by atoms with van der Waals surface area (Å²) in [6.07, 6.45) is 33.2. The van der Waals surface area contributed by atoms with E-state index in [0.717, 1.165) is 38.5 Å². The van der Waals surface area contributed by atoms with Crippen molar-refractivity contribution in [3.8, 4) is 0 Å². The summed E-state index contributed by atoms with van der Waals surface area (Å²) in [5, 5.41) is 0. The van der Waals surface area contributed by atoms with E-state index in [1.165, 1.54) is 128 Å². The lowest BCUT2D eigenvalue weighted by atomic mass is 9.78. The fraction of sp³-hybridized carbons (Fsp3) is 0.944. The van der Waals surface area contributed by atoms with Gasteiger partial charge in [0, 0.05) is 0 Å². The quantitative estimate of drug-likeness (QED) is 0.0537. The number of carbonyl (C=O) groups is 2. The van der Waals surface area contributed by atoms with Crippen molar-refractivity contribution in [2.45, 2.75) is 208 Å². The molecule has 0 heterocycles. The fourth-order valence-corrected chi connectivity index (χ4v) is 5.57. The van der Waals surface area contributed by atoms with Crippen LogP contribution in [0.3, 0.4) is 0 Å². The summed E-state index contributed by atoms with van der Waals surface area (Å²) in [6.45, 7) is 10.7. The molecule has 0 saturated heterocycles. The first-order valence-corrected chi connectivity index (χ1v) is 17.7. The maximum Gasteiger partial charge on any atom is 0.359 e. The zero-order chi connectivity index (χ0) is 29.7. The van der Waals surface area contributed by atoms with Crippen LogP contribution in [0.2, 0.25) is 0 Å². The average Bonchev–Trinajstić information content (AvgIpc) is 2.91. The second kappa shape index (κ2) is 28.1. The average molecular weight is 567 g/mol. The molecular weight excluding hydrogens is 496 g/mol. The van der Waals surface area contributed by atoms with Gasteiger partial charge in [-0.25, -0.2) is 19.4 Å². The molecule has 0 aromatic rings. The molecule has 0 N–H and O–H groups in total. The lowest BCUT2D eigenvalue weighted by Crippen LogP contribution is -2.31. The first-order chi connectivity index (χ1) is 19.3. The Balaban J connectivity index is 3.80. The third-order valence-electron chi connectivity index (χ3n) is 8.38. The highest BCUT2D eigenvalue weighted by Gasteiger charge is 2.33. The van der Waals surface area contributed by atoms with E-state index in [4.69, 9.17) is 9.78 Å². The standard InChI is InChI=1S/C36H70O4/c1-6-8-10-12-14-16-18-20-22-24-26-28-30-32-34(37)39-40-35(38)33(36(3,4)5)31-29-27-25-23-21-19-17-15-13-11-9-7-2/h33H,6-32H2,1-5H3. The van der Waals surface area contributed by atoms with E-state index in [1.54, 1.807) is 0 Å². The molecule has 238 valence electrons. The second-order valence-corrected chi connectivity index (χ2v) is 13.4. The molecule has 0 saturated carbocycles. The molecule has 0 fully saturated rings. The Morgan fingerprint density at radius 1 is 0.475 bits per heavy atom.